The molecule has 1 aromatic heterocycles. The molecule has 0 saturated heterocycles. The van der Waals surface area contributed by atoms with Crippen LogP contribution in [0, 0.1) is 0 Å². The number of hydrogen-bond donors (Lipinski definition) is 2. The smallest absolute Gasteiger partial charge is 0.251 e. The maximum Gasteiger partial charge on any atom is 0.251 e. The Kier molecular flexibility index (Phi) is 5.32. The van der Waals surface area contributed by atoms with Gasteiger partial charge in [-0.2, -0.15) is 0 Å². The fourth-order valence-electron chi connectivity index (χ4n) is 3.17. The predicted octanol–water partition coefficient (Wildman–Crippen LogP) is 3.17. The zero-order valence-corrected chi connectivity index (χ0v) is 17.3. The van der Waals surface area contributed by atoms with Gasteiger partial charge in [-0.15, -0.1) is 0 Å². The summed E-state index contributed by atoms with van der Waals surface area (Å²) in [5.74, 6) is -0.237. The van der Waals surface area contributed by atoms with Crippen LogP contribution >= 0.6 is 0 Å². The summed E-state index contributed by atoms with van der Waals surface area (Å²) in [5, 5.41) is 4.19. The number of para-hydroxylation sites is 1. The number of carbonyl (C=O) groups is 1. The van der Waals surface area contributed by atoms with E-state index in [0.717, 1.165) is 20.8 Å². The largest absolute Gasteiger partial charge is 0.361 e. The minimum Gasteiger partial charge on any atom is -0.361 e. The highest BCUT2D eigenvalue weighted by Crippen LogP contribution is 2.23. The standard InChI is InChI=1S/C21H25N3O3S/c1-21(2,13-16-14-22-19-8-6-5-7-18(16)19)23-20(25)15-9-11-17(12-10-15)28(26,27)24(3)4/h5-12,14,22H,13H2,1-4H3,(H,23,25). The summed E-state index contributed by atoms with van der Waals surface area (Å²) >= 11 is 0. The first-order chi connectivity index (χ1) is 13.1. The van der Waals surface area contributed by atoms with E-state index in [1.54, 1.807) is 0 Å². The van der Waals surface area contributed by atoms with Crippen LogP contribution in [0.3, 0.4) is 0 Å². The van der Waals surface area contributed by atoms with E-state index < -0.39 is 15.6 Å². The van der Waals surface area contributed by atoms with Crippen LogP contribution < -0.4 is 5.32 Å². The number of nitrogens with zero attached hydrogens (tertiary/aromatic N) is 1. The molecule has 28 heavy (non-hydrogen) atoms. The molecule has 0 aliphatic carbocycles. The number of H-pyrrole nitrogens is 1. The van der Waals surface area contributed by atoms with E-state index in [9.17, 15) is 13.2 Å². The average Bonchev–Trinajstić information content (AvgIpc) is 3.03. The molecule has 0 spiro atoms. The van der Waals surface area contributed by atoms with Gasteiger partial charge in [0.05, 0.1) is 4.90 Å². The molecular formula is C21H25N3O3S. The molecule has 6 nitrogen and oxygen atoms in total. The van der Waals surface area contributed by atoms with Gasteiger partial charge in [0, 0.05) is 42.3 Å². The van der Waals surface area contributed by atoms with E-state index >= 15 is 0 Å². The first kappa shape index (κ1) is 20.1. The van der Waals surface area contributed by atoms with Gasteiger partial charge in [0.15, 0.2) is 0 Å². The van der Waals surface area contributed by atoms with E-state index in [1.807, 2.05) is 38.2 Å². The van der Waals surface area contributed by atoms with Crippen LogP contribution in [-0.2, 0) is 16.4 Å². The Hall–Kier alpha value is -2.64. The Morgan fingerprint density at radius 1 is 1.07 bits per heavy atom. The fraction of sp³-hybridized carbons (Fsp3) is 0.286. The molecule has 148 valence electrons. The second-order valence-electron chi connectivity index (χ2n) is 7.69. The number of hydrogen-bond acceptors (Lipinski definition) is 3. The zero-order chi connectivity index (χ0) is 20.5. The summed E-state index contributed by atoms with van der Waals surface area (Å²) in [6, 6.07) is 14.0. The van der Waals surface area contributed by atoms with Gasteiger partial charge < -0.3 is 10.3 Å². The molecule has 2 aromatic carbocycles. The van der Waals surface area contributed by atoms with Crippen molar-refractivity contribution in [2.45, 2.75) is 30.7 Å². The van der Waals surface area contributed by atoms with Gasteiger partial charge in [0.25, 0.3) is 5.91 Å². The third kappa shape index (κ3) is 4.10. The molecule has 1 amide bonds. The number of rotatable bonds is 6. The van der Waals surface area contributed by atoms with Crippen LogP contribution in [-0.4, -0.2) is 43.2 Å². The normalized spacial score (nSPS) is 12.5. The van der Waals surface area contributed by atoms with Crippen molar-refractivity contribution in [1.82, 2.24) is 14.6 Å². The fourth-order valence-corrected chi connectivity index (χ4v) is 4.07. The van der Waals surface area contributed by atoms with Gasteiger partial charge in [-0.05, 0) is 56.2 Å². The average molecular weight is 400 g/mol. The number of aromatic amines is 1. The van der Waals surface area contributed by atoms with E-state index in [1.165, 1.54) is 38.4 Å². The van der Waals surface area contributed by atoms with Crippen LogP contribution in [0.2, 0.25) is 0 Å². The van der Waals surface area contributed by atoms with Crippen molar-refractivity contribution in [2.75, 3.05) is 14.1 Å². The molecule has 0 aliphatic heterocycles. The zero-order valence-electron chi connectivity index (χ0n) is 16.5. The lowest BCUT2D eigenvalue weighted by Gasteiger charge is -2.26. The molecule has 0 atom stereocenters. The second kappa shape index (κ2) is 7.41. The van der Waals surface area contributed by atoms with Gasteiger partial charge in [0.1, 0.15) is 0 Å². The summed E-state index contributed by atoms with van der Waals surface area (Å²) in [5.41, 5.74) is 2.14. The topological polar surface area (TPSA) is 82.3 Å². The molecule has 0 aliphatic rings. The second-order valence-corrected chi connectivity index (χ2v) is 9.84. The lowest BCUT2D eigenvalue weighted by molar-refractivity contribution is 0.0913. The van der Waals surface area contributed by atoms with Crippen molar-refractivity contribution in [2.24, 2.45) is 0 Å². The van der Waals surface area contributed by atoms with E-state index in [-0.39, 0.29) is 10.8 Å². The van der Waals surface area contributed by atoms with E-state index in [2.05, 4.69) is 16.4 Å². The van der Waals surface area contributed by atoms with Gasteiger partial charge in [0.2, 0.25) is 10.0 Å². The van der Waals surface area contributed by atoms with Crippen molar-refractivity contribution in [3.63, 3.8) is 0 Å². The van der Waals surface area contributed by atoms with Crippen molar-refractivity contribution in [3.8, 4) is 0 Å². The lowest BCUT2D eigenvalue weighted by Crippen LogP contribution is -2.45. The Morgan fingerprint density at radius 3 is 2.36 bits per heavy atom. The van der Waals surface area contributed by atoms with Crippen molar-refractivity contribution in [1.29, 1.82) is 0 Å². The number of benzene rings is 2. The molecule has 7 heteroatoms. The highest BCUT2D eigenvalue weighted by Gasteiger charge is 2.24. The van der Waals surface area contributed by atoms with Gasteiger partial charge in [-0.1, -0.05) is 18.2 Å². The summed E-state index contributed by atoms with van der Waals surface area (Å²) in [7, 11) is -0.561. The highest BCUT2D eigenvalue weighted by molar-refractivity contribution is 7.89. The first-order valence-corrected chi connectivity index (χ1v) is 10.4. The predicted molar refractivity (Wildman–Crippen MR) is 111 cm³/mol. The first-order valence-electron chi connectivity index (χ1n) is 9.00. The van der Waals surface area contributed by atoms with Crippen LogP contribution in [0.15, 0.2) is 59.6 Å². The molecule has 3 aromatic rings. The molecule has 0 radical (unpaired) electrons. The van der Waals surface area contributed by atoms with Gasteiger partial charge >= 0.3 is 0 Å². The Balaban J connectivity index is 1.74. The summed E-state index contributed by atoms with van der Waals surface area (Å²) in [6.45, 7) is 3.94. The van der Waals surface area contributed by atoms with E-state index in [0.29, 0.717) is 12.0 Å². The minimum atomic E-state index is -3.51. The molecule has 2 N–H and O–H groups in total. The van der Waals surface area contributed by atoms with Crippen LogP contribution in [0.25, 0.3) is 10.9 Å². The number of nitrogens with one attached hydrogen (secondary N) is 2. The Morgan fingerprint density at radius 2 is 1.71 bits per heavy atom. The summed E-state index contributed by atoms with van der Waals surface area (Å²) < 4.78 is 25.4. The lowest BCUT2D eigenvalue weighted by atomic mass is 9.94. The quantitative estimate of drug-likeness (QED) is 0.668. The Bertz CT molecular complexity index is 1100. The molecule has 0 fully saturated rings. The third-order valence-corrected chi connectivity index (χ3v) is 6.48. The third-order valence-electron chi connectivity index (χ3n) is 4.65. The minimum absolute atomic E-state index is 0.159. The molecule has 3 rings (SSSR count). The summed E-state index contributed by atoms with van der Waals surface area (Å²) in [4.78, 5) is 16.1. The van der Waals surface area contributed by atoms with Crippen LogP contribution in [0.4, 0.5) is 0 Å². The number of amides is 1. The number of fused-ring (bicyclic) bond motifs is 1. The molecule has 0 saturated carbocycles. The molecule has 0 bridgehead atoms. The summed E-state index contributed by atoms with van der Waals surface area (Å²) in [6.07, 6.45) is 2.63. The maximum absolute atomic E-state index is 12.7. The van der Waals surface area contributed by atoms with E-state index in [4.69, 9.17) is 0 Å². The number of sulfonamides is 1. The molecular weight excluding hydrogens is 374 g/mol. The van der Waals surface area contributed by atoms with Crippen molar-refractivity contribution < 1.29 is 13.2 Å². The van der Waals surface area contributed by atoms with Gasteiger partial charge in [-0.25, -0.2) is 12.7 Å². The van der Waals surface area contributed by atoms with Crippen LogP contribution in [0.1, 0.15) is 29.8 Å². The SMILES string of the molecule is CN(C)S(=O)(=O)c1ccc(C(=O)NC(C)(C)Cc2c[nH]c3ccccc23)cc1. The number of carbonyl (C=O) groups excluding carboxylic acids is 1. The number of aromatic nitrogens is 1. The van der Waals surface area contributed by atoms with Crippen molar-refractivity contribution >= 4 is 26.8 Å². The monoisotopic (exact) mass is 399 g/mol. The highest BCUT2D eigenvalue weighted by atomic mass is 32.2. The Labute approximate surface area is 165 Å². The van der Waals surface area contributed by atoms with Crippen molar-refractivity contribution in [3.05, 3.63) is 65.9 Å². The van der Waals surface area contributed by atoms with Crippen LogP contribution in [0.5, 0.6) is 0 Å². The maximum atomic E-state index is 12.7. The van der Waals surface area contributed by atoms with Gasteiger partial charge in [-0.3, -0.25) is 4.79 Å². The molecule has 1 heterocycles. The molecule has 0 unspecified atom stereocenters.